The summed E-state index contributed by atoms with van der Waals surface area (Å²) in [7, 11) is 0. The third kappa shape index (κ3) is 5.65. The van der Waals surface area contributed by atoms with Crippen LogP contribution in [0.3, 0.4) is 0 Å². The van der Waals surface area contributed by atoms with Gasteiger partial charge in [0.2, 0.25) is 0 Å². The number of nitrogens with zero attached hydrogens (tertiary/aromatic N) is 2. The first kappa shape index (κ1) is 26.8. The summed E-state index contributed by atoms with van der Waals surface area (Å²) in [6.45, 7) is 7.98. The van der Waals surface area contributed by atoms with Crippen LogP contribution in [0.5, 0.6) is 28.7 Å². The topological polar surface area (TPSA) is 127 Å². The molecule has 0 radical (unpaired) electrons. The van der Waals surface area contributed by atoms with E-state index in [1.807, 2.05) is 48.5 Å². The minimum atomic E-state index is -0.211. The average molecular weight is 543 g/mol. The average Bonchev–Trinajstić information content (AvgIpc) is 2.99. The Bertz CT molecular complexity index is 1950. The van der Waals surface area contributed by atoms with Gasteiger partial charge in [-0.05, 0) is 59.7 Å². The Hall–Kier alpha value is -5.82. The number of phenols is 5. The Kier molecular flexibility index (Phi) is 7.26. The number of benzene rings is 4. The minimum Gasteiger partial charge on any atom is -0.506 e. The molecule has 0 aliphatic heterocycles. The number of rotatable bonds is 4. The maximum Gasteiger partial charge on any atom is 0.158 e. The fraction of sp³-hybridized carbons (Fsp3) is 0. The predicted octanol–water partition coefficient (Wildman–Crippen LogP) is 7.12. The van der Waals surface area contributed by atoms with Crippen molar-refractivity contribution in [1.29, 1.82) is 0 Å². The Labute approximate surface area is 235 Å². The van der Waals surface area contributed by atoms with Gasteiger partial charge in [-0.1, -0.05) is 67.8 Å². The van der Waals surface area contributed by atoms with E-state index >= 15 is 0 Å². The standard InChI is InChI=1S/C17H13NO3.C17H13NO2/c1-10(12-6-8-14(19)16(21)9-12)13-7-5-11-3-2-4-15(20)17(11)18-13;1-11(13-7-9-16(19)17(20)10-13)14-8-6-12-4-2-3-5-15(12)18-14/h2-9,19-21H,1H2;2-10,19-20H,1H2. The van der Waals surface area contributed by atoms with E-state index in [0.29, 0.717) is 27.9 Å². The smallest absolute Gasteiger partial charge is 0.158 e. The van der Waals surface area contributed by atoms with Crippen molar-refractivity contribution in [3.63, 3.8) is 0 Å². The van der Waals surface area contributed by atoms with E-state index in [2.05, 4.69) is 23.1 Å². The molecule has 0 bridgehead atoms. The molecule has 0 amide bonds. The van der Waals surface area contributed by atoms with Gasteiger partial charge in [0.1, 0.15) is 11.3 Å². The quantitative estimate of drug-likeness (QED) is 0.150. The number of aromatic hydroxyl groups is 5. The molecule has 0 unspecified atom stereocenters. The van der Waals surface area contributed by atoms with E-state index < -0.39 is 0 Å². The second-order valence-corrected chi connectivity index (χ2v) is 9.30. The molecular formula is C34H26N2O5. The molecule has 0 fully saturated rings. The van der Waals surface area contributed by atoms with E-state index in [1.165, 1.54) is 24.3 Å². The summed E-state index contributed by atoms with van der Waals surface area (Å²) in [4.78, 5) is 8.97. The largest absolute Gasteiger partial charge is 0.506 e. The molecule has 0 aliphatic carbocycles. The van der Waals surface area contributed by atoms with E-state index in [1.54, 1.807) is 30.3 Å². The molecule has 41 heavy (non-hydrogen) atoms. The number of para-hydroxylation sites is 2. The molecule has 0 aliphatic rings. The number of phenolic OH excluding ortho intramolecular Hbond substituents is 5. The number of hydrogen-bond donors (Lipinski definition) is 5. The van der Waals surface area contributed by atoms with Gasteiger partial charge >= 0.3 is 0 Å². The molecule has 2 aromatic heterocycles. The van der Waals surface area contributed by atoms with Crippen molar-refractivity contribution in [2.45, 2.75) is 0 Å². The highest BCUT2D eigenvalue weighted by molar-refractivity contribution is 5.88. The van der Waals surface area contributed by atoms with Crippen LogP contribution in [0.1, 0.15) is 22.5 Å². The molecule has 5 N–H and O–H groups in total. The van der Waals surface area contributed by atoms with Crippen molar-refractivity contribution in [1.82, 2.24) is 9.97 Å². The van der Waals surface area contributed by atoms with E-state index in [0.717, 1.165) is 27.5 Å². The van der Waals surface area contributed by atoms with Crippen molar-refractivity contribution in [2.24, 2.45) is 0 Å². The summed E-state index contributed by atoms with van der Waals surface area (Å²) < 4.78 is 0. The monoisotopic (exact) mass is 542 g/mol. The third-order valence-electron chi connectivity index (χ3n) is 6.56. The van der Waals surface area contributed by atoms with Crippen LogP contribution < -0.4 is 0 Å². The highest BCUT2D eigenvalue weighted by atomic mass is 16.3. The predicted molar refractivity (Wildman–Crippen MR) is 161 cm³/mol. The fourth-order valence-electron chi connectivity index (χ4n) is 4.25. The van der Waals surface area contributed by atoms with Crippen molar-refractivity contribution >= 4 is 33.0 Å². The first-order chi connectivity index (χ1) is 19.7. The summed E-state index contributed by atoms with van der Waals surface area (Å²) in [6.07, 6.45) is 0. The fourth-order valence-corrected chi connectivity index (χ4v) is 4.25. The van der Waals surface area contributed by atoms with E-state index in [9.17, 15) is 25.5 Å². The van der Waals surface area contributed by atoms with Crippen LogP contribution in [0.15, 0.2) is 116 Å². The van der Waals surface area contributed by atoms with Crippen molar-refractivity contribution < 1.29 is 25.5 Å². The lowest BCUT2D eigenvalue weighted by Crippen LogP contribution is -1.91. The summed E-state index contributed by atoms with van der Waals surface area (Å²) in [5, 5.41) is 49.6. The first-order valence-corrected chi connectivity index (χ1v) is 12.6. The third-order valence-corrected chi connectivity index (χ3v) is 6.56. The van der Waals surface area contributed by atoms with Gasteiger partial charge < -0.3 is 25.5 Å². The molecule has 6 rings (SSSR count). The van der Waals surface area contributed by atoms with Gasteiger partial charge in [-0.25, -0.2) is 9.97 Å². The Morgan fingerprint density at radius 1 is 0.463 bits per heavy atom. The maximum absolute atomic E-state index is 9.86. The molecular weight excluding hydrogens is 516 g/mol. The van der Waals surface area contributed by atoms with Gasteiger partial charge in [0, 0.05) is 21.9 Å². The first-order valence-electron chi connectivity index (χ1n) is 12.6. The summed E-state index contributed by atoms with van der Waals surface area (Å²) in [5.41, 5.74) is 5.40. The second-order valence-electron chi connectivity index (χ2n) is 9.30. The zero-order valence-corrected chi connectivity index (χ0v) is 21.9. The van der Waals surface area contributed by atoms with Gasteiger partial charge in [0.25, 0.3) is 0 Å². The van der Waals surface area contributed by atoms with Crippen molar-refractivity contribution in [3.8, 4) is 28.7 Å². The number of pyridine rings is 2. The molecule has 0 saturated carbocycles. The van der Waals surface area contributed by atoms with E-state index in [4.69, 9.17) is 0 Å². The van der Waals surface area contributed by atoms with Gasteiger partial charge in [0.15, 0.2) is 23.0 Å². The van der Waals surface area contributed by atoms with Gasteiger partial charge in [-0.3, -0.25) is 0 Å². The van der Waals surface area contributed by atoms with Crippen LogP contribution in [0.4, 0.5) is 0 Å². The molecule has 0 spiro atoms. The lowest BCUT2D eigenvalue weighted by Gasteiger charge is -2.08. The normalized spacial score (nSPS) is 10.6. The van der Waals surface area contributed by atoms with Crippen LogP contribution in [-0.2, 0) is 0 Å². The van der Waals surface area contributed by atoms with Crippen molar-refractivity contribution in [2.75, 3.05) is 0 Å². The Morgan fingerprint density at radius 3 is 1.61 bits per heavy atom. The highest BCUT2D eigenvalue weighted by Crippen LogP contribution is 2.32. The molecule has 7 heteroatoms. The summed E-state index contributed by atoms with van der Waals surface area (Å²) in [6, 6.07) is 29.7. The van der Waals surface area contributed by atoms with Crippen LogP contribution in [0.2, 0.25) is 0 Å². The Morgan fingerprint density at radius 2 is 1.00 bits per heavy atom. The summed E-state index contributed by atoms with van der Waals surface area (Å²) >= 11 is 0. The molecule has 0 atom stereocenters. The van der Waals surface area contributed by atoms with E-state index in [-0.39, 0.29) is 28.7 Å². The molecule has 6 aromatic rings. The molecule has 2 heterocycles. The molecule has 7 nitrogen and oxygen atoms in total. The molecule has 202 valence electrons. The lowest BCUT2D eigenvalue weighted by molar-refractivity contribution is 0.403. The van der Waals surface area contributed by atoms with Crippen LogP contribution in [0, 0.1) is 0 Å². The number of aromatic nitrogens is 2. The highest BCUT2D eigenvalue weighted by Gasteiger charge is 2.10. The van der Waals surface area contributed by atoms with Crippen LogP contribution in [0.25, 0.3) is 33.0 Å². The summed E-state index contributed by atoms with van der Waals surface area (Å²) in [5.74, 6) is -0.596. The molecule has 4 aromatic carbocycles. The minimum absolute atomic E-state index is 0.107. The van der Waals surface area contributed by atoms with Crippen LogP contribution in [-0.4, -0.2) is 35.5 Å². The number of hydrogen-bond acceptors (Lipinski definition) is 7. The van der Waals surface area contributed by atoms with Crippen molar-refractivity contribution in [3.05, 3.63) is 139 Å². The maximum atomic E-state index is 9.86. The van der Waals surface area contributed by atoms with Crippen LogP contribution >= 0.6 is 0 Å². The zero-order valence-electron chi connectivity index (χ0n) is 21.9. The van der Waals surface area contributed by atoms with Gasteiger partial charge in [0.05, 0.1) is 16.9 Å². The second kappa shape index (κ2) is 11.1. The molecule has 0 saturated heterocycles. The number of fused-ring (bicyclic) bond motifs is 2. The zero-order chi connectivity index (χ0) is 29.1. The lowest BCUT2D eigenvalue weighted by atomic mass is 10.0. The van der Waals surface area contributed by atoms with Gasteiger partial charge in [-0.15, -0.1) is 0 Å². The van der Waals surface area contributed by atoms with Gasteiger partial charge in [-0.2, -0.15) is 0 Å². The Balaban J connectivity index is 0.000000165. The SMILES string of the molecule is C=C(c1ccc(O)c(O)c1)c1ccc2cccc(O)c2n1.C=C(c1ccc(O)c(O)c1)c1ccc2ccccc2n1.